The van der Waals surface area contributed by atoms with E-state index in [1.807, 2.05) is 0 Å². The van der Waals surface area contributed by atoms with Crippen molar-refractivity contribution in [1.82, 2.24) is 0 Å². The van der Waals surface area contributed by atoms with Crippen LogP contribution in [0.15, 0.2) is 12.2 Å². The number of carbonyl (C=O) groups excluding carboxylic acids is 1. The Labute approximate surface area is 132 Å². The van der Waals surface area contributed by atoms with E-state index >= 15 is 0 Å². The number of carbonyl (C=O) groups is 1. The van der Waals surface area contributed by atoms with Crippen molar-refractivity contribution in [2.24, 2.45) is 0 Å². The molecule has 0 bridgehead atoms. The van der Waals surface area contributed by atoms with Gasteiger partial charge >= 0.3 is 5.97 Å². The first-order valence-electron chi connectivity index (χ1n) is 9.07. The van der Waals surface area contributed by atoms with E-state index in [0.29, 0.717) is 12.2 Å². The molecule has 124 valence electrons. The quantitative estimate of drug-likeness (QED) is 0.204. The summed E-state index contributed by atoms with van der Waals surface area (Å²) in [6.07, 6.45) is 15.5. The van der Waals surface area contributed by atoms with E-state index in [4.69, 9.17) is 4.74 Å². The molecule has 0 amide bonds. The summed E-state index contributed by atoms with van der Waals surface area (Å²) in [6.45, 7) is 8.85. The lowest BCUT2D eigenvalue weighted by molar-refractivity contribution is -0.139. The molecule has 0 aliphatic carbocycles. The van der Waals surface area contributed by atoms with Gasteiger partial charge in [-0.3, -0.25) is 0 Å². The van der Waals surface area contributed by atoms with Crippen LogP contribution in [0.25, 0.3) is 0 Å². The Hall–Kier alpha value is -0.790. The molecule has 0 aromatic rings. The van der Waals surface area contributed by atoms with Gasteiger partial charge in [0, 0.05) is 5.57 Å². The SMILES string of the molecule is C=C(CCCCCCCCC)C(=O)OCCCCCCC. The molecule has 0 heterocycles. The van der Waals surface area contributed by atoms with Crippen molar-refractivity contribution in [3.63, 3.8) is 0 Å². The lowest BCUT2D eigenvalue weighted by Crippen LogP contribution is -2.08. The minimum Gasteiger partial charge on any atom is -0.462 e. The Morgan fingerprint density at radius 2 is 1.24 bits per heavy atom. The second-order valence-electron chi connectivity index (χ2n) is 6.03. The van der Waals surface area contributed by atoms with Crippen molar-refractivity contribution in [3.8, 4) is 0 Å². The molecular weight excluding hydrogens is 260 g/mol. The van der Waals surface area contributed by atoms with Crippen LogP contribution in [0.1, 0.15) is 97.3 Å². The monoisotopic (exact) mass is 296 g/mol. The fourth-order valence-electron chi connectivity index (χ4n) is 2.37. The lowest BCUT2D eigenvalue weighted by atomic mass is 10.1. The molecule has 0 spiro atoms. The van der Waals surface area contributed by atoms with Gasteiger partial charge < -0.3 is 4.74 Å². The first kappa shape index (κ1) is 20.2. The van der Waals surface area contributed by atoms with Crippen LogP contribution >= 0.6 is 0 Å². The molecule has 0 aromatic carbocycles. The van der Waals surface area contributed by atoms with Crippen LogP contribution in [0.3, 0.4) is 0 Å². The molecule has 0 saturated carbocycles. The van der Waals surface area contributed by atoms with Crippen molar-refractivity contribution in [2.75, 3.05) is 6.61 Å². The maximum Gasteiger partial charge on any atom is 0.333 e. The Balaban J connectivity index is 3.39. The molecule has 2 heteroatoms. The first-order chi connectivity index (χ1) is 10.2. The highest BCUT2D eigenvalue weighted by Gasteiger charge is 2.07. The highest BCUT2D eigenvalue weighted by atomic mass is 16.5. The summed E-state index contributed by atoms with van der Waals surface area (Å²) in [5, 5.41) is 0. The fraction of sp³-hybridized carbons (Fsp3) is 0.842. The molecule has 0 fully saturated rings. The minimum atomic E-state index is -0.184. The molecule has 0 radical (unpaired) electrons. The second kappa shape index (κ2) is 15.6. The van der Waals surface area contributed by atoms with Crippen molar-refractivity contribution >= 4 is 5.97 Å². The van der Waals surface area contributed by atoms with Crippen LogP contribution in [0.2, 0.25) is 0 Å². The Kier molecular flexibility index (Phi) is 15.0. The van der Waals surface area contributed by atoms with Gasteiger partial charge in [0.2, 0.25) is 0 Å². The summed E-state index contributed by atoms with van der Waals surface area (Å²) < 4.78 is 5.26. The Morgan fingerprint density at radius 3 is 1.81 bits per heavy atom. The van der Waals surface area contributed by atoms with Crippen molar-refractivity contribution in [1.29, 1.82) is 0 Å². The number of esters is 1. The van der Waals surface area contributed by atoms with Gasteiger partial charge in [-0.2, -0.15) is 0 Å². The molecule has 0 saturated heterocycles. The van der Waals surface area contributed by atoms with E-state index in [0.717, 1.165) is 25.7 Å². The normalized spacial score (nSPS) is 10.6. The van der Waals surface area contributed by atoms with Gasteiger partial charge in [-0.05, 0) is 19.3 Å². The summed E-state index contributed by atoms with van der Waals surface area (Å²) in [6, 6.07) is 0. The minimum absolute atomic E-state index is 0.184. The summed E-state index contributed by atoms with van der Waals surface area (Å²) in [5.41, 5.74) is 0.650. The van der Waals surface area contributed by atoms with Gasteiger partial charge in [-0.25, -0.2) is 4.79 Å². The third kappa shape index (κ3) is 13.9. The molecule has 0 N–H and O–H groups in total. The molecule has 0 aliphatic rings. The van der Waals surface area contributed by atoms with E-state index in [1.54, 1.807) is 0 Å². The summed E-state index contributed by atoms with van der Waals surface area (Å²) in [4.78, 5) is 11.7. The first-order valence-corrected chi connectivity index (χ1v) is 9.07. The van der Waals surface area contributed by atoms with E-state index in [-0.39, 0.29) is 5.97 Å². The Morgan fingerprint density at radius 1 is 0.762 bits per heavy atom. The average molecular weight is 296 g/mol. The van der Waals surface area contributed by atoms with Crippen molar-refractivity contribution in [3.05, 3.63) is 12.2 Å². The highest BCUT2D eigenvalue weighted by molar-refractivity contribution is 5.87. The van der Waals surface area contributed by atoms with Crippen molar-refractivity contribution < 1.29 is 9.53 Å². The highest BCUT2D eigenvalue weighted by Crippen LogP contribution is 2.12. The van der Waals surface area contributed by atoms with E-state index < -0.39 is 0 Å². The van der Waals surface area contributed by atoms with Crippen LogP contribution in [-0.4, -0.2) is 12.6 Å². The van der Waals surface area contributed by atoms with Crippen molar-refractivity contribution in [2.45, 2.75) is 97.3 Å². The van der Waals surface area contributed by atoms with Gasteiger partial charge in [0.25, 0.3) is 0 Å². The third-order valence-corrected chi connectivity index (χ3v) is 3.85. The molecule has 2 nitrogen and oxygen atoms in total. The summed E-state index contributed by atoms with van der Waals surface area (Å²) in [7, 11) is 0. The largest absolute Gasteiger partial charge is 0.462 e. The fourth-order valence-corrected chi connectivity index (χ4v) is 2.37. The van der Waals surface area contributed by atoms with Gasteiger partial charge in [0.05, 0.1) is 6.61 Å². The zero-order valence-electron chi connectivity index (χ0n) is 14.4. The molecule has 0 aromatic heterocycles. The van der Waals surface area contributed by atoms with Gasteiger partial charge in [0.1, 0.15) is 0 Å². The van der Waals surface area contributed by atoms with E-state index in [2.05, 4.69) is 20.4 Å². The molecule has 0 atom stereocenters. The van der Waals surface area contributed by atoms with Gasteiger partial charge in [0.15, 0.2) is 0 Å². The lowest BCUT2D eigenvalue weighted by Gasteiger charge is -2.07. The zero-order valence-corrected chi connectivity index (χ0v) is 14.4. The average Bonchev–Trinajstić information content (AvgIpc) is 2.49. The van der Waals surface area contributed by atoms with Crippen LogP contribution in [-0.2, 0) is 9.53 Å². The molecule has 21 heavy (non-hydrogen) atoms. The second-order valence-corrected chi connectivity index (χ2v) is 6.03. The van der Waals surface area contributed by atoms with Crippen LogP contribution in [0.5, 0.6) is 0 Å². The number of rotatable bonds is 15. The number of ether oxygens (including phenoxy) is 1. The number of hydrogen-bond acceptors (Lipinski definition) is 2. The predicted octanol–water partition coefficient (Wildman–Crippen LogP) is 6.20. The number of hydrogen-bond donors (Lipinski definition) is 0. The predicted molar refractivity (Wildman–Crippen MR) is 91.5 cm³/mol. The van der Waals surface area contributed by atoms with E-state index in [9.17, 15) is 4.79 Å². The maximum atomic E-state index is 11.7. The van der Waals surface area contributed by atoms with Gasteiger partial charge in [-0.15, -0.1) is 0 Å². The molecule has 0 rings (SSSR count). The smallest absolute Gasteiger partial charge is 0.333 e. The van der Waals surface area contributed by atoms with Crippen LogP contribution in [0, 0.1) is 0 Å². The third-order valence-electron chi connectivity index (χ3n) is 3.85. The maximum absolute atomic E-state index is 11.7. The molecule has 0 aliphatic heterocycles. The summed E-state index contributed by atoms with van der Waals surface area (Å²) in [5.74, 6) is -0.184. The van der Waals surface area contributed by atoms with Gasteiger partial charge in [-0.1, -0.05) is 84.6 Å². The van der Waals surface area contributed by atoms with E-state index in [1.165, 1.54) is 57.8 Å². The number of unbranched alkanes of at least 4 members (excludes halogenated alkanes) is 10. The zero-order chi connectivity index (χ0) is 15.8. The molecule has 0 unspecified atom stereocenters. The standard InChI is InChI=1S/C19H36O2/c1-4-6-8-10-11-12-14-16-18(3)19(20)21-17-15-13-9-7-5-2/h3-17H2,1-2H3. The molecular formula is C19H36O2. The van der Waals surface area contributed by atoms with Crippen LogP contribution < -0.4 is 0 Å². The summed E-state index contributed by atoms with van der Waals surface area (Å²) >= 11 is 0. The topological polar surface area (TPSA) is 26.3 Å². The Bertz CT molecular complexity index is 258. The van der Waals surface area contributed by atoms with Crippen LogP contribution in [0.4, 0.5) is 0 Å².